The van der Waals surface area contributed by atoms with Crippen molar-refractivity contribution in [3.05, 3.63) is 24.3 Å². The molecule has 0 radical (unpaired) electrons. The summed E-state index contributed by atoms with van der Waals surface area (Å²) in [7, 11) is 0. The van der Waals surface area contributed by atoms with Crippen molar-refractivity contribution in [2.24, 2.45) is 23.7 Å². The van der Waals surface area contributed by atoms with E-state index in [1.54, 1.807) is 0 Å². The molecule has 154 valence electrons. The second-order valence-electron chi connectivity index (χ2n) is 7.04. The molecule has 2 saturated heterocycles. The van der Waals surface area contributed by atoms with Crippen LogP contribution in [0, 0.1) is 23.7 Å². The first-order valence-electron chi connectivity index (χ1n) is 9.52. The fourth-order valence-electron chi connectivity index (χ4n) is 3.47. The number of esters is 2. The molecule has 2 fully saturated rings. The van der Waals surface area contributed by atoms with Gasteiger partial charge in [-0.25, -0.2) is 0 Å². The maximum Gasteiger partial charge on any atom is 0.317 e. The Morgan fingerprint density at radius 2 is 1.19 bits per heavy atom. The standard InChI is InChI=1S/C8H8O3.C8H14O2.C4H8O.CH4/c9-7-5-3-1-2-4-6(5)8(10)11-7;9-5-7-3-1-2-4-8(7)6-10;1-2-4-5-3-1;/h1-2,5-6H,3-4H2;1-2,7-10H,3-6H2;1-4H2;1H4. The van der Waals surface area contributed by atoms with E-state index in [0.29, 0.717) is 12.8 Å². The lowest BCUT2D eigenvalue weighted by atomic mass is 9.84. The lowest BCUT2D eigenvalue weighted by Gasteiger charge is -2.24. The number of aliphatic hydroxyl groups excluding tert-OH is 2. The van der Waals surface area contributed by atoms with E-state index in [1.165, 1.54) is 12.8 Å². The Morgan fingerprint density at radius 1 is 0.778 bits per heavy atom. The Kier molecular flexibility index (Phi) is 11.2. The van der Waals surface area contributed by atoms with Gasteiger partial charge in [-0.3, -0.25) is 9.59 Å². The summed E-state index contributed by atoms with van der Waals surface area (Å²) in [4.78, 5) is 21.9. The van der Waals surface area contributed by atoms with E-state index in [4.69, 9.17) is 14.9 Å². The third kappa shape index (κ3) is 7.20. The van der Waals surface area contributed by atoms with Crippen LogP contribution in [0.5, 0.6) is 0 Å². The molecule has 2 aliphatic heterocycles. The molecular formula is C21H34O6. The van der Waals surface area contributed by atoms with Crippen molar-refractivity contribution in [2.75, 3.05) is 26.4 Å². The first-order valence-corrected chi connectivity index (χ1v) is 9.52. The molecule has 0 amide bonds. The summed E-state index contributed by atoms with van der Waals surface area (Å²) in [5.74, 6) is -0.487. The molecular weight excluding hydrogens is 348 g/mol. The van der Waals surface area contributed by atoms with Gasteiger partial charge < -0.3 is 19.7 Å². The molecule has 0 bridgehead atoms. The van der Waals surface area contributed by atoms with Crippen LogP contribution in [0.2, 0.25) is 0 Å². The van der Waals surface area contributed by atoms with E-state index < -0.39 is 0 Å². The summed E-state index contributed by atoms with van der Waals surface area (Å²) in [6.45, 7) is 2.41. The molecule has 2 aliphatic carbocycles. The van der Waals surface area contributed by atoms with E-state index in [0.717, 1.165) is 26.1 Å². The highest BCUT2D eigenvalue weighted by Gasteiger charge is 2.43. The molecule has 4 atom stereocenters. The van der Waals surface area contributed by atoms with Crippen molar-refractivity contribution >= 4 is 11.9 Å². The molecule has 0 aromatic rings. The normalized spacial score (nSPS) is 30.9. The molecule has 0 aromatic heterocycles. The molecule has 0 spiro atoms. The van der Waals surface area contributed by atoms with Gasteiger partial charge in [-0.05, 0) is 50.4 Å². The molecule has 2 N–H and O–H groups in total. The van der Waals surface area contributed by atoms with Crippen molar-refractivity contribution in [3.63, 3.8) is 0 Å². The van der Waals surface area contributed by atoms with Gasteiger partial charge in [0.1, 0.15) is 0 Å². The molecule has 4 aliphatic rings. The fourth-order valence-corrected chi connectivity index (χ4v) is 3.47. The number of carbonyl (C=O) groups is 2. The van der Waals surface area contributed by atoms with Gasteiger partial charge in [-0.1, -0.05) is 31.7 Å². The van der Waals surface area contributed by atoms with Crippen LogP contribution in [0.15, 0.2) is 24.3 Å². The van der Waals surface area contributed by atoms with Crippen LogP contribution in [0.3, 0.4) is 0 Å². The summed E-state index contributed by atoms with van der Waals surface area (Å²) in [5, 5.41) is 17.7. The lowest BCUT2D eigenvalue weighted by Crippen LogP contribution is -2.23. The van der Waals surface area contributed by atoms with Crippen LogP contribution >= 0.6 is 0 Å². The fraction of sp³-hybridized carbons (Fsp3) is 0.714. The number of aliphatic hydroxyl groups is 2. The quantitative estimate of drug-likeness (QED) is 0.433. The molecule has 6 heteroatoms. The van der Waals surface area contributed by atoms with Gasteiger partial charge in [0.25, 0.3) is 0 Å². The number of hydrogen-bond donors (Lipinski definition) is 2. The Morgan fingerprint density at radius 3 is 1.52 bits per heavy atom. The van der Waals surface area contributed by atoms with E-state index in [2.05, 4.69) is 16.9 Å². The molecule has 4 rings (SSSR count). The van der Waals surface area contributed by atoms with Crippen LogP contribution in [-0.2, 0) is 19.1 Å². The molecule has 0 aromatic carbocycles. The third-order valence-corrected chi connectivity index (χ3v) is 5.25. The number of carbonyl (C=O) groups excluding carboxylic acids is 2. The van der Waals surface area contributed by atoms with Crippen molar-refractivity contribution in [2.45, 2.75) is 46.0 Å². The average molecular weight is 382 g/mol. The predicted octanol–water partition coefficient (Wildman–Crippen LogP) is 2.64. The Hall–Kier alpha value is -1.50. The zero-order chi connectivity index (χ0) is 18.8. The second kappa shape index (κ2) is 12.8. The summed E-state index contributed by atoms with van der Waals surface area (Å²) < 4.78 is 9.43. The van der Waals surface area contributed by atoms with Gasteiger partial charge in [-0.2, -0.15) is 0 Å². The highest BCUT2D eigenvalue weighted by molar-refractivity contribution is 5.96. The van der Waals surface area contributed by atoms with Crippen molar-refractivity contribution in [1.29, 1.82) is 0 Å². The number of rotatable bonds is 2. The van der Waals surface area contributed by atoms with Crippen molar-refractivity contribution in [1.82, 2.24) is 0 Å². The summed E-state index contributed by atoms with van der Waals surface area (Å²) in [6, 6.07) is 0. The Labute approximate surface area is 162 Å². The van der Waals surface area contributed by atoms with Crippen LogP contribution in [0.25, 0.3) is 0 Å². The van der Waals surface area contributed by atoms with E-state index >= 15 is 0 Å². The van der Waals surface area contributed by atoms with E-state index in [-0.39, 0.29) is 56.3 Å². The van der Waals surface area contributed by atoms with E-state index in [1.807, 2.05) is 12.2 Å². The van der Waals surface area contributed by atoms with E-state index in [9.17, 15) is 9.59 Å². The molecule has 2 heterocycles. The summed E-state index contributed by atoms with van der Waals surface area (Å²) >= 11 is 0. The number of allylic oxidation sites excluding steroid dienone is 4. The van der Waals surface area contributed by atoms with Gasteiger partial charge in [0.15, 0.2) is 0 Å². The zero-order valence-corrected chi connectivity index (χ0v) is 15.2. The molecule has 0 saturated carbocycles. The van der Waals surface area contributed by atoms with Crippen LogP contribution in [0.4, 0.5) is 0 Å². The van der Waals surface area contributed by atoms with Gasteiger partial charge >= 0.3 is 11.9 Å². The van der Waals surface area contributed by atoms with Crippen molar-refractivity contribution in [3.8, 4) is 0 Å². The highest BCUT2D eigenvalue weighted by Crippen LogP contribution is 2.32. The smallest absolute Gasteiger partial charge is 0.317 e. The first kappa shape index (κ1) is 23.5. The number of cyclic esters (lactones) is 2. The van der Waals surface area contributed by atoms with Gasteiger partial charge in [0.05, 0.1) is 11.8 Å². The highest BCUT2D eigenvalue weighted by atomic mass is 16.6. The number of hydrogen-bond acceptors (Lipinski definition) is 6. The predicted molar refractivity (Wildman–Crippen MR) is 103 cm³/mol. The molecule has 6 nitrogen and oxygen atoms in total. The number of fused-ring (bicyclic) bond motifs is 1. The molecule has 27 heavy (non-hydrogen) atoms. The third-order valence-electron chi connectivity index (χ3n) is 5.25. The lowest BCUT2D eigenvalue weighted by molar-refractivity contribution is -0.153. The van der Waals surface area contributed by atoms with Gasteiger partial charge in [0.2, 0.25) is 0 Å². The van der Waals surface area contributed by atoms with Crippen LogP contribution in [0.1, 0.15) is 46.0 Å². The van der Waals surface area contributed by atoms with Crippen LogP contribution < -0.4 is 0 Å². The van der Waals surface area contributed by atoms with Gasteiger partial charge in [-0.15, -0.1) is 0 Å². The number of ether oxygens (including phenoxy) is 2. The minimum atomic E-state index is -0.343. The average Bonchev–Trinajstić information content (AvgIpc) is 3.36. The Balaban J connectivity index is 0.000000211. The minimum Gasteiger partial charge on any atom is -0.396 e. The summed E-state index contributed by atoms with van der Waals surface area (Å²) in [5.41, 5.74) is 0. The second-order valence-corrected chi connectivity index (χ2v) is 7.04. The minimum absolute atomic E-state index is 0. The topological polar surface area (TPSA) is 93.1 Å². The largest absolute Gasteiger partial charge is 0.396 e. The zero-order valence-electron chi connectivity index (χ0n) is 15.2. The summed E-state index contributed by atoms with van der Waals surface area (Å²) in [6.07, 6.45) is 13.7. The maximum atomic E-state index is 10.9. The maximum absolute atomic E-state index is 10.9. The molecule has 4 unspecified atom stereocenters. The van der Waals surface area contributed by atoms with Crippen molar-refractivity contribution < 1.29 is 29.3 Å². The monoisotopic (exact) mass is 382 g/mol. The Bertz CT molecular complexity index is 463. The first-order chi connectivity index (χ1) is 12.7. The SMILES string of the molecule is C.C1CCOC1.O=C1OC(=O)C2CC=CCC12.OCC1CC=CCC1CO. The van der Waals surface area contributed by atoms with Gasteiger partial charge in [0, 0.05) is 26.4 Å². The van der Waals surface area contributed by atoms with Crippen LogP contribution in [-0.4, -0.2) is 48.6 Å².